The van der Waals surface area contributed by atoms with E-state index in [4.69, 9.17) is 4.55 Å². The molecule has 1 fully saturated rings. The number of carbonyl (C=O) groups excluding carboxylic acids is 2. The molecule has 1 saturated heterocycles. The summed E-state index contributed by atoms with van der Waals surface area (Å²) in [6, 6.07) is 0. The monoisotopic (exact) mass is 429 g/mol. The minimum atomic E-state index is -6.80. The van der Waals surface area contributed by atoms with E-state index < -0.39 is 51.1 Å². The molecule has 1 rings (SSSR count). The van der Waals surface area contributed by atoms with Gasteiger partial charge in [-0.3, -0.25) is 14.1 Å². The van der Waals surface area contributed by atoms with Gasteiger partial charge >= 0.3 is 27.5 Å². The van der Waals surface area contributed by atoms with Crippen molar-refractivity contribution in [2.24, 2.45) is 11.3 Å². The molecule has 0 saturated carbocycles. The zero-order valence-electron chi connectivity index (χ0n) is 14.3. The molecular weight excluding hydrogens is 412 g/mol. The van der Waals surface area contributed by atoms with Gasteiger partial charge in [-0.05, 0) is 0 Å². The molecule has 14 heteroatoms. The van der Waals surface area contributed by atoms with E-state index in [-0.39, 0.29) is 32.8 Å². The van der Waals surface area contributed by atoms with Crippen molar-refractivity contribution in [2.45, 2.75) is 37.9 Å². The van der Waals surface area contributed by atoms with Crippen molar-refractivity contribution in [3.63, 3.8) is 0 Å². The fourth-order valence-electron chi connectivity index (χ4n) is 2.47. The molecule has 1 atom stereocenters. The van der Waals surface area contributed by atoms with Gasteiger partial charge in [0.2, 0.25) is 5.91 Å². The van der Waals surface area contributed by atoms with Crippen molar-refractivity contribution >= 4 is 22.0 Å². The third kappa shape index (κ3) is 3.86. The average molecular weight is 429 g/mol. The van der Waals surface area contributed by atoms with E-state index in [0.717, 1.165) is 0 Å². The lowest BCUT2D eigenvalue weighted by atomic mass is 9.76. The van der Waals surface area contributed by atoms with Gasteiger partial charge in [-0.25, -0.2) is 4.39 Å². The Hall–Kier alpha value is -1.57. The van der Waals surface area contributed by atoms with E-state index in [1.54, 1.807) is 0 Å². The SMILES string of the molecule is CC(=O)N1CC(C(=O)OCC(C)(C)C(F)(C(F)(F)F)C(F)(F)S(=O)(=O)O)C1. The second-order valence-electron chi connectivity index (χ2n) is 6.76. The van der Waals surface area contributed by atoms with Crippen LogP contribution in [0.4, 0.5) is 26.3 Å². The quantitative estimate of drug-likeness (QED) is 0.393. The van der Waals surface area contributed by atoms with Crippen LogP contribution in [0.5, 0.6) is 0 Å². The Labute approximate surface area is 150 Å². The van der Waals surface area contributed by atoms with Gasteiger partial charge in [0.05, 0.1) is 5.92 Å². The van der Waals surface area contributed by atoms with E-state index in [2.05, 4.69) is 4.74 Å². The highest BCUT2D eigenvalue weighted by Crippen LogP contribution is 2.57. The number of hydrogen-bond donors (Lipinski definition) is 1. The lowest BCUT2D eigenvalue weighted by molar-refractivity contribution is -0.320. The number of likely N-dealkylation sites (tertiary alicyclic amines) is 1. The molecule has 1 N–H and O–H groups in total. The van der Waals surface area contributed by atoms with Gasteiger partial charge in [0.15, 0.2) is 0 Å². The maximum atomic E-state index is 14.6. The molecule has 1 aliphatic rings. The van der Waals surface area contributed by atoms with Crippen LogP contribution in [0.3, 0.4) is 0 Å². The third-order valence-electron chi connectivity index (χ3n) is 4.28. The summed E-state index contributed by atoms with van der Waals surface area (Å²) in [5, 5.41) is -6.27. The number of halogens is 6. The number of amides is 1. The first-order valence-corrected chi connectivity index (χ1v) is 8.76. The van der Waals surface area contributed by atoms with Crippen LogP contribution in [-0.4, -0.2) is 66.5 Å². The number of alkyl halides is 6. The van der Waals surface area contributed by atoms with Crippen LogP contribution in [0, 0.1) is 11.3 Å². The molecule has 1 heterocycles. The van der Waals surface area contributed by atoms with Crippen LogP contribution in [-0.2, 0) is 24.4 Å². The molecule has 0 aromatic rings. The van der Waals surface area contributed by atoms with Gasteiger partial charge in [0.1, 0.15) is 6.61 Å². The van der Waals surface area contributed by atoms with E-state index >= 15 is 0 Å². The minimum absolute atomic E-state index is 0.115. The largest absolute Gasteiger partial charge is 0.465 e. The van der Waals surface area contributed by atoms with E-state index in [0.29, 0.717) is 0 Å². The molecule has 0 radical (unpaired) electrons. The first-order valence-electron chi connectivity index (χ1n) is 7.32. The van der Waals surface area contributed by atoms with Crippen molar-refractivity contribution in [1.29, 1.82) is 0 Å². The maximum Gasteiger partial charge on any atom is 0.430 e. The van der Waals surface area contributed by atoms with Gasteiger partial charge in [0.25, 0.3) is 5.67 Å². The highest BCUT2D eigenvalue weighted by atomic mass is 32.2. The fraction of sp³-hybridized carbons (Fsp3) is 0.846. The second-order valence-corrected chi connectivity index (χ2v) is 8.22. The zero-order valence-corrected chi connectivity index (χ0v) is 15.1. The van der Waals surface area contributed by atoms with Gasteiger partial charge in [0, 0.05) is 25.4 Å². The summed E-state index contributed by atoms with van der Waals surface area (Å²) in [6.45, 7) is -0.0526. The molecule has 0 aromatic carbocycles. The van der Waals surface area contributed by atoms with Crippen molar-refractivity contribution in [3.8, 4) is 0 Å². The Kier molecular flexibility index (Phi) is 5.91. The topological polar surface area (TPSA) is 101 Å². The van der Waals surface area contributed by atoms with E-state index in [9.17, 15) is 44.3 Å². The molecule has 158 valence electrons. The van der Waals surface area contributed by atoms with Gasteiger partial charge in [-0.15, -0.1) is 0 Å². The predicted molar refractivity (Wildman–Crippen MR) is 76.9 cm³/mol. The Morgan fingerprint density at radius 3 is 1.89 bits per heavy atom. The molecular formula is C13H17F6NO6S. The van der Waals surface area contributed by atoms with Gasteiger partial charge in [-0.1, -0.05) is 13.8 Å². The zero-order chi connectivity index (χ0) is 21.6. The van der Waals surface area contributed by atoms with Crippen molar-refractivity contribution in [2.75, 3.05) is 19.7 Å². The average Bonchev–Trinajstić information content (AvgIpc) is 2.39. The standard InChI is InChI=1S/C13H17F6NO6S/c1-7(21)20-4-8(5-20)9(22)26-6-10(2,3)11(14,12(15,16)17)13(18,19)27(23,24)25/h8H,4-6H2,1-3H3,(H,23,24,25). The molecule has 1 amide bonds. The minimum Gasteiger partial charge on any atom is -0.465 e. The third-order valence-corrected chi connectivity index (χ3v) is 5.21. The van der Waals surface area contributed by atoms with Gasteiger partial charge in [-0.2, -0.15) is 30.4 Å². The number of rotatable bonds is 6. The van der Waals surface area contributed by atoms with Crippen LogP contribution in [0.1, 0.15) is 20.8 Å². The lowest BCUT2D eigenvalue weighted by Crippen LogP contribution is -2.67. The Balaban J connectivity index is 3.06. The highest BCUT2D eigenvalue weighted by Gasteiger charge is 2.82. The van der Waals surface area contributed by atoms with Crippen molar-refractivity contribution < 1.29 is 53.6 Å². The first-order chi connectivity index (χ1) is 11.8. The molecule has 0 aliphatic carbocycles. The summed E-state index contributed by atoms with van der Waals surface area (Å²) in [5.74, 6) is -2.49. The Bertz CT molecular complexity index is 715. The highest BCUT2D eigenvalue weighted by molar-refractivity contribution is 7.87. The fourth-order valence-corrected chi connectivity index (χ4v) is 3.22. The maximum absolute atomic E-state index is 14.6. The van der Waals surface area contributed by atoms with E-state index in [1.165, 1.54) is 11.8 Å². The summed E-state index contributed by atoms with van der Waals surface area (Å²) < 4.78 is 116. The number of nitrogens with zero attached hydrogens (tertiary/aromatic N) is 1. The Morgan fingerprint density at radius 1 is 1.11 bits per heavy atom. The molecule has 7 nitrogen and oxygen atoms in total. The summed E-state index contributed by atoms with van der Waals surface area (Å²) in [5.41, 5.74) is -9.07. The number of hydrogen-bond acceptors (Lipinski definition) is 5. The molecule has 0 spiro atoms. The normalized spacial score (nSPS) is 19.3. The first kappa shape index (κ1) is 23.5. The second kappa shape index (κ2) is 6.79. The smallest absolute Gasteiger partial charge is 0.430 e. The van der Waals surface area contributed by atoms with Crippen LogP contribution in [0.2, 0.25) is 0 Å². The number of carbonyl (C=O) groups is 2. The number of esters is 1. The summed E-state index contributed by atoms with van der Waals surface area (Å²) in [6.07, 6.45) is -6.44. The molecule has 1 aliphatic heterocycles. The Morgan fingerprint density at radius 2 is 1.56 bits per heavy atom. The lowest BCUT2D eigenvalue weighted by Gasteiger charge is -2.44. The molecule has 27 heavy (non-hydrogen) atoms. The van der Waals surface area contributed by atoms with Gasteiger partial charge < -0.3 is 9.64 Å². The van der Waals surface area contributed by atoms with Crippen LogP contribution >= 0.6 is 0 Å². The molecule has 1 unspecified atom stereocenters. The molecule has 0 bridgehead atoms. The van der Waals surface area contributed by atoms with Crippen LogP contribution in [0.15, 0.2) is 0 Å². The summed E-state index contributed by atoms with van der Waals surface area (Å²) >= 11 is 0. The predicted octanol–water partition coefficient (Wildman–Crippen LogP) is 1.79. The van der Waals surface area contributed by atoms with Crippen LogP contribution < -0.4 is 0 Å². The number of ether oxygens (including phenoxy) is 1. The molecule has 0 aromatic heterocycles. The van der Waals surface area contributed by atoms with Crippen molar-refractivity contribution in [1.82, 2.24) is 4.90 Å². The summed E-state index contributed by atoms with van der Waals surface area (Å²) in [4.78, 5) is 23.9. The summed E-state index contributed by atoms with van der Waals surface area (Å²) in [7, 11) is -6.80. The van der Waals surface area contributed by atoms with Crippen LogP contribution in [0.25, 0.3) is 0 Å². The van der Waals surface area contributed by atoms with Crippen molar-refractivity contribution in [3.05, 3.63) is 0 Å². The van der Waals surface area contributed by atoms with E-state index in [1.807, 2.05) is 0 Å².